The summed E-state index contributed by atoms with van der Waals surface area (Å²) >= 11 is 0. The molecule has 2 aromatic heterocycles. The van der Waals surface area contributed by atoms with Gasteiger partial charge in [0, 0.05) is 25.8 Å². The first-order valence-corrected chi connectivity index (χ1v) is 8.38. The summed E-state index contributed by atoms with van der Waals surface area (Å²) in [5.74, 6) is 1.47. The summed E-state index contributed by atoms with van der Waals surface area (Å²) in [6, 6.07) is 6.26. The number of aromatic nitrogens is 3. The van der Waals surface area contributed by atoms with E-state index in [0.29, 0.717) is 17.9 Å². The smallest absolute Gasteiger partial charge is 0.167 e. The van der Waals surface area contributed by atoms with Crippen LogP contribution >= 0.6 is 0 Å². The van der Waals surface area contributed by atoms with Crippen LogP contribution in [0.25, 0.3) is 0 Å². The molecule has 0 bridgehead atoms. The summed E-state index contributed by atoms with van der Waals surface area (Å²) < 4.78 is 5.56. The van der Waals surface area contributed by atoms with Crippen LogP contribution in [0.5, 0.6) is 0 Å². The van der Waals surface area contributed by atoms with Crippen LogP contribution in [0.4, 0.5) is 11.6 Å². The van der Waals surface area contributed by atoms with E-state index < -0.39 is 0 Å². The van der Waals surface area contributed by atoms with Crippen molar-refractivity contribution in [3.05, 3.63) is 40.7 Å². The van der Waals surface area contributed by atoms with Gasteiger partial charge in [-0.15, -0.1) is 5.10 Å². The Balaban J connectivity index is 1.67. The van der Waals surface area contributed by atoms with Crippen molar-refractivity contribution in [3.8, 4) is 6.07 Å². The van der Waals surface area contributed by atoms with Crippen LogP contribution in [-0.4, -0.2) is 41.0 Å². The summed E-state index contributed by atoms with van der Waals surface area (Å²) in [4.78, 5) is 6.78. The van der Waals surface area contributed by atoms with Crippen molar-refractivity contribution in [2.24, 2.45) is 0 Å². The lowest BCUT2D eigenvalue weighted by Crippen LogP contribution is -2.41. The first-order valence-electron chi connectivity index (χ1n) is 8.38. The maximum Gasteiger partial charge on any atom is 0.167 e. The molecule has 1 aliphatic heterocycles. The summed E-state index contributed by atoms with van der Waals surface area (Å²) in [6.07, 6.45) is 2.08. The van der Waals surface area contributed by atoms with Gasteiger partial charge in [-0.3, -0.25) is 0 Å². The Hall–Kier alpha value is -2.72. The van der Waals surface area contributed by atoms with Crippen molar-refractivity contribution in [3.63, 3.8) is 0 Å². The molecule has 0 aliphatic carbocycles. The van der Waals surface area contributed by atoms with Gasteiger partial charge in [-0.25, -0.2) is 4.98 Å². The molecule has 0 aromatic carbocycles. The molecule has 3 heterocycles. The van der Waals surface area contributed by atoms with E-state index in [0.717, 1.165) is 42.3 Å². The fraction of sp³-hybridized carbons (Fsp3) is 0.444. The molecule has 1 saturated heterocycles. The number of hydrogen-bond acceptors (Lipinski definition) is 7. The van der Waals surface area contributed by atoms with Crippen LogP contribution in [0.3, 0.4) is 0 Å². The third-order valence-electron chi connectivity index (χ3n) is 4.40. The standard InChI is InChI=1S/C18H22N6O/c1-12-11-24(6-7-25-12)17-5-4-15(9-20-17)10-21-18-16(8-19)13(2)14(3)22-23-18/h4-5,9,12H,6-7,10-11H2,1-3H3,(H,21,23)/t12-/m0/s1. The number of nitrogens with one attached hydrogen (secondary N) is 1. The number of nitrogens with zero attached hydrogens (tertiary/aromatic N) is 5. The molecule has 1 atom stereocenters. The third kappa shape index (κ3) is 3.86. The molecule has 0 unspecified atom stereocenters. The van der Waals surface area contributed by atoms with Gasteiger partial charge in [0.2, 0.25) is 0 Å². The molecule has 1 fully saturated rings. The van der Waals surface area contributed by atoms with E-state index in [9.17, 15) is 5.26 Å². The Kier molecular flexibility index (Phi) is 5.10. The van der Waals surface area contributed by atoms with Crippen LogP contribution in [-0.2, 0) is 11.3 Å². The van der Waals surface area contributed by atoms with E-state index in [1.807, 2.05) is 32.2 Å². The Labute approximate surface area is 147 Å². The third-order valence-corrected chi connectivity index (χ3v) is 4.40. The number of morpholine rings is 1. The predicted molar refractivity (Wildman–Crippen MR) is 95.4 cm³/mol. The number of pyridine rings is 1. The van der Waals surface area contributed by atoms with Crippen molar-refractivity contribution in [1.82, 2.24) is 15.2 Å². The Morgan fingerprint density at radius 3 is 2.88 bits per heavy atom. The fourth-order valence-electron chi connectivity index (χ4n) is 2.79. The summed E-state index contributed by atoms with van der Waals surface area (Å²) in [5, 5.41) is 20.7. The summed E-state index contributed by atoms with van der Waals surface area (Å²) in [6.45, 7) is 8.79. The molecule has 7 heteroatoms. The highest BCUT2D eigenvalue weighted by Crippen LogP contribution is 2.19. The van der Waals surface area contributed by atoms with E-state index in [4.69, 9.17) is 4.74 Å². The average Bonchev–Trinajstić information content (AvgIpc) is 2.63. The molecule has 0 spiro atoms. The molecule has 0 amide bonds. The van der Waals surface area contributed by atoms with Crippen LogP contribution in [0, 0.1) is 25.2 Å². The lowest BCUT2D eigenvalue weighted by molar-refractivity contribution is 0.0529. The first kappa shape index (κ1) is 17.1. The van der Waals surface area contributed by atoms with Gasteiger partial charge in [-0.1, -0.05) is 6.07 Å². The zero-order valence-corrected chi connectivity index (χ0v) is 14.8. The second-order valence-electron chi connectivity index (χ2n) is 6.25. The van der Waals surface area contributed by atoms with Crippen LogP contribution in [0.2, 0.25) is 0 Å². The van der Waals surface area contributed by atoms with E-state index in [-0.39, 0.29) is 6.10 Å². The molecular weight excluding hydrogens is 316 g/mol. The molecular formula is C18H22N6O. The van der Waals surface area contributed by atoms with E-state index >= 15 is 0 Å². The highest BCUT2D eigenvalue weighted by Gasteiger charge is 2.17. The van der Waals surface area contributed by atoms with Gasteiger partial charge in [0.15, 0.2) is 5.82 Å². The maximum absolute atomic E-state index is 9.34. The molecule has 3 rings (SSSR count). The quantitative estimate of drug-likeness (QED) is 0.914. The fourth-order valence-corrected chi connectivity index (χ4v) is 2.79. The summed E-state index contributed by atoms with van der Waals surface area (Å²) in [5.41, 5.74) is 3.19. The topological polar surface area (TPSA) is 87.0 Å². The Morgan fingerprint density at radius 2 is 2.20 bits per heavy atom. The van der Waals surface area contributed by atoms with Crippen LogP contribution in [0.1, 0.15) is 29.3 Å². The van der Waals surface area contributed by atoms with Gasteiger partial charge in [-0.2, -0.15) is 10.4 Å². The number of ether oxygens (including phenoxy) is 1. The average molecular weight is 338 g/mol. The highest BCUT2D eigenvalue weighted by atomic mass is 16.5. The molecule has 1 aliphatic rings. The van der Waals surface area contributed by atoms with Gasteiger partial charge in [-0.05, 0) is 38.0 Å². The molecule has 2 aromatic rings. The van der Waals surface area contributed by atoms with Crippen molar-refractivity contribution in [1.29, 1.82) is 5.26 Å². The minimum absolute atomic E-state index is 0.227. The largest absolute Gasteiger partial charge is 0.375 e. The molecule has 25 heavy (non-hydrogen) atoms. The predicted octanol–water partition coefficient (Wildman–Crippen LogP) is 2.20. The van der Waals surface area contributed by atoms with Crippen molar-refractivity contribution in [2.45, 2.75) is 33.4 Å². The summed E-state index contributed by atoms with van der Waals surface area (Å²) in [7, 11) is 0. The number of nitriles is 1. The van der Waals surface area contributed by atoms with Gasteiger partial charge >= 0.3 is 0 Å². The zero-order valence-electron chi connectivity index (χ0n) is 14.8. The zero-order chi connectivity index (χ0) is 17.8. The van der Waals surface area contributed by atoms with E-state index in [1.165, 1.54) is 0 Å². The monoisotopic (exact) mass is 338 g/mol. The highest BCUT2D eigenvalue weighted by molar-refractivity contribution is 5.56. The maximum atomic E-state index is 9.34. The van der Waals surface area contributed by atoms with Crippen LogP contribution < -0.4 is 10.2 Å². The van der Waals surface area contributed by atoms with E-state index in [1.54, 1.807) is 0 Å². The molecule has 0 saturated carbocycles. The molecule has 0 radical (unpaired) electrons. The van der Waals surface area contributed by atoms with Crippen molar-refractivity contribution >= 4 is 11.6 Å². The lowest BCUT2D eigenvalue weighted by atomic mass is 10.1. The van der Waals surface area contributed by atoms with Gasteiger partial charge in [0.25, 0.3) is 0 Å². The van der Waals surface area contributed by atoms with E-state index in [2.05, 4.69) is 38.4 Å². The van der Waals surface area contributed by atoms with Crippen molar-refractivity contribution < 1.29 is 4.74 Å². The number of hydrogen-bond donors (Lipinski definition) is 1. The Morgan fingerprint density at radius 1 is 1.36 bits per heavy atom. The van der Waals surface area contributed by atoms with Crippen LogP contribution in [0.15, 0.2) is 18.3 Å². The first-order chi connectivity index (χ1) is 12.1. The Bertz CT molecular complexity index is 783. The normalized spacial score (nSPS) is 17.2. The van der Waals surface area contributed by atoms with Crippen molar-refractivity contribution in [2.75, 3.05) is 29.9 Å². The second kappa shape index (κ2) is 7.45. The van der Waals surface area contributed by atoms with Gasteiger partial charge in [0.1, 0.15) is 17.5 Å². The second-order valence-corrected chi connectivity index (χ2v) is 6.25. The molecule has 7 nitrogen and oxygen atoms in total. The minimum atomic E-state index is 0.227. The number of anilines is 2. The number of aryl methyl sites for hydroxylation is 1. The molecule has 1 N–H and O–H groups in total. The SMILES string of the molecule is Cc1nnc(NCc2ccc(N3CCO[C@@H](C)C3)nc2)c(C#N)c1C. The number of rotatable bonds is 4. The van der Waals surface area contributed by atoms with Gasteiger partial charge < -0.3 is 15.0 Å². The lowest BCUT2D eigenvalue weighted by Gasteiger charge is -2.32. The van der Waals surface area contributed by atoms with Gasteiger partial charge in [0.05, 0.1) is 18.4 Å². The molecule has 130 valence electrons. The minimum Gasteiger partial charge on any atom is -0.375 e.